The molecule has 1 aliphatic carbocycles. The molecule has 1 aliphatic rings. The van der Waals surface area contributed by atoms with Crippen molar-refractivity contribution in [2.75, 3.05) is 0 Å². The van der Waals surface area contributed by atoms with Gasteiger partial charge in [0.15, 0.2) is 0 Å². The van der Waals surface area contributed by atoms with E-state index < -0.39 is 4.92 Å². The lowest BCUT2D eigenvalue weighted by Crippen LogP contribution is -2.22. The summed E-state index contributed by atoms with van der Waals surface area (Å²) in [4.78, 5) is 10.00. The summed E-state index contributed by atoms with van der Waals surface area (Å²) in [6, 6.07) is 3.63. The fourth-order valence-electron chi connectivity index (χ4n) is 2.19. The molecule has 2 rings (SSSR count). The van der Waals surface area contributed by atoms with Gasteiger partial charge in [0.1, 0.15) is 0 Å². The van der Waals surface area contributed by atoms with Gasteiger partial charge in [-0.3, -0.25) is 0 Å². The van der Waals surface area contributed by atoms with Crippen LogP contribution in [0, 0.1) is 27.4 Å². The Labute approximate surface area is 92.6 Å². The zero-order chi connectivity index (χ0) is 11.5. The van der Waals surface area contributed by atoms with Crippen molar-refractivity contribution in [1.82, 2.24) is 9.78 Å². The summed E-state index contributed by atoms with van der Waals surface area (Å²) in [6.07, 6.45) is 5.43. The van der Waals surface area contributed by atoms with Crippen LogP contribution in [0.1, 0.15) is 31.7 Å². The molecule has 6 nitrogen and oxygen atoms in total. The summed E-state index contributed by atoms with van der Waals surface area (Å²) in [5, 5.41) is 23.4. The number of nitriles is 1. The molecule has 0 N–H and O–H groups in total. The molecule has 0 spiro atoms. The van der Waals surface area contributed by atoms with Crippen LogP contribution in [-0.2, 0) is 0 Å². The van der Waals surface area contributed by atoms with Crippen LogP contribution in [0.3, 0.4) is 0 Å². The van der Waals surface area contributed by atoms with Crippen molar-refractivity contribution >= 4 is 5.82 Å². The maximum atomic E-state index is 10.5. The van der Waals surface area contributed by atoms with Gasteiger partial charge in [-0.15, -0.1) is 0 Å². The van der Waals surface area contributed by atoms with Crippen molar-refractivity contribution in [3.05, 3.63) is 22.4 Å². The molecule has 6 heteroatoms. The first-order chi connectivity index (χ1) is 7.72. The maximum Gasteiger partial charge on any atom is 0.389 e. The molecule has 1 aromatic rings. The Kier molecular flexibility index (Phi) is 2.86. The van der Waals surface area contributed by atoms with Crippen molar-refractivity contribution in [2.45, 2.75) is 31.7 Å². The van der Waals surface area contributed by atoms with Crippen LogP contribution in [0.2, 0.25) is 0 Å². The molecule has 0 aromatic carbocycles. The van der Waals surface area contributed by atoms with Gasteiger partial charge in [-0.1, -0.05) is 12.8 Å². The smallest absolute Gasteiger partial charge is 0.358 e. The SMILES string of the molecule is N#CC1CCCCC1n1ccc([N+](=O)[O-])n1. The molecule has 0 radical (unpaired) electrons. The zero-order valence-corrected chi connectivity index (χ0v) is 8.74. The minimum absolute atomic E-state index is 0.00699. The Morgan fingerprint density at radius 2 is 2.31 bits per heavy atom. The highest BCUT2D eigenvalue weighted by molar-refractivity contribution is 5.15. The van der Waals surface area contributed by atoms with Crippen molar-refractivity contribution in [2.24, 2.45) is 5.92 Å². The lowest BCUT2D eigenvalue weighted by Gasteiger charge is -2.24. The van der Waals surface area contributed by atoms with Gasteiger partial charge in [0.25, 0.3) is 0 Å². The van der Waals surface area contributed by atoms with Crippen molar-refractivity contribution in [3.63, 3.8) is 0 Å². The zero-order valence-electron chi connectivity index (χ0n) is 8.74. The lowest BCUT2D eigenvalue weighted by atomic mass is 9.86. The second kappa shape index (κ2) is 4.31. The van der Waals surface area contributed by atoms with E-state index >= 15 is 0 Å². The van der Waals surface area contributed by atoms with E-state index in [9.17, 15) is 10.1 Å². The molecular weight excluding hydrogens is 208 g/mol. The average molecular weight is 220 g/mol. The van der Waals surface area contributed by atoms with Crippen molar-refractivity contribution < 1.29 is 4.92 Å². The van der Waals surface area contributed by atoms with Gasteiger partial charge in [-0.05, 0) is 17.8 Å². The fourth-order valence-corrected chi connectivity index (χ4v) is 2.19. The summed E-state index contributed by atoms with van der Waals surface area (Å²) in [5.74, 6) is -0.226. The van der Waals surface area contributed by atoms with E-state index in [1.54, 1.807) is 10.9 Å². The minimum atomic E-state index is -0.513. The first-order valence-electron chi connectivity index (χ1n) is 5.31. The van der Waals surface area contributed by atoms with Crippen LogP contribution in [-0.4, -0.2) is 14.7 Å². The third-order valence-electron chi connectivity index (χ3n) is 3.02. The van der Waals surface area contributed by atoms with E-state index in [-0.39, 0.29) is 17.8 Å². The summed E-state index contributed by atoms with van der Waals surface area (Å²) in [5.41, 5.74) is 0. The molecule has 2 atom stereocenters. The summed E-state index contributed by atoms with van der Waals surface area (Å²) >= 11 is 0. The summed E-state index contributed by atoms with van der Waals surface area (Å²) in [7, 11) is 0. The second-order valence-corrected chi connectivity index (χ2v) is 4.00. The Balaban J connectivity index is 2.21. The number of nitro groups is 1. The van der Waals surface area contributed by atoms with E-state index in [4.69, 9.17) is 5.26 Å². The normalized spacial score (nSPS) is 24.9. The van der Waals surface area contributed by atoms with Gasteiger partial charge in [-0.25, -0.2) is 0 Å². The lowest BCUT2D eigenvalue weighted by molar-refractivity contribution is -0.389. The van der Waals surface area contributed by atoms with Crippen LogP contribution in [0.15, 0.2) is 12.3 Å². The number of rotatable bonds is 2. The predicted molar refractivity (Wildman–Crippen MR) is 55.5 cm³/mol. The third-order valence-corrected chi connectivity index (χ3v) is 3.02. The number of hydrogen-bond acceptors (Lipinski definition) is 4. The Morgan fingerprint density at radius 3 is 2.94 bits per heavy atom. The van der Waals surface area contributed by atoms with Crippen LogP contribution in [0.5, 0.6) is 0 Å². The number of nitrogens with zero attached hydrogens (tertiary/aromatic N) is 4. The van der Waals surface area contributed by atoms with Crippen molar-refractivity contribution in [3.8, 4) is 6.07 Å². The molecule has 2 unspecified atom stereocenters. The highest BCUT2D eigenvalue weighted by Crippen LogP contribution is 2.33. The molecular formula is C10H12N4O2. The first kappa shape index (κ1) is 10.6. The molecule has 0 bridgehead atoms. The molecule has 16 heavy (non-hydrogen) atoms. The molecule has 1 heterocycles. The highest BCUT2D eigenvalue weighted by Gasteiger charge is 2.29. The fraction of sp³-hybridized carbons (Fsp3) is 0.600. The standard InChI is InChI=1S/C10H12N4O2/c11-7-8-3-1-2-4-9(8)13-6-5-10(12-13)14(15)16/h5-6,8-9H,1-4H2. The molecule has 84 valence electrons. The van der Waals surface area contributed by atoms with Gasteiger partial charge >= 0.3 is 5.82 Å². The summed E-state index contributed by atoms with van der Waals surface area (Å²) < 4.78 is 1.57. The van der Waals surface area contributed by atoms with E-state index in [1.807, 2.05) is 0 Å². The Morgan fingerprint density at radius 1 is 1.56 bits per heavy atom. The van der Waals surface area contributed by atoms with Gasteiger partial charge < -0.3 is 10.1 Å². The van der Waals surface area contributed by atoms with Gasteiger partial charge in [0.05, 0.1) is 35.4 Å². The molecule has 0 saturated heterocycles. The number of aromatic nitrogens is 2. The molecule has 1 aromatic heterocycles. The molecule has 1 fully saturated rings. The van der Waals surface area contributed by atoms with Gasteiger partial charge in [0, 0.05) is 0 Å². The van der Waals surface area contributed by atoms with E-state index in [0.29, 0.717) is 0 Å². The maximum absolute atomic E-state index is 10.5. The van der Waals surface area contributed by atoms with E-state index in [2.05, 4.69) is 11.2 Å². The number of hydrogen-bond donors (Lipinski definition) is 0. The second-order valence-electron chi connectivity index (χ2n) is 4.00. The van der Waals surface area contributed by atoms with E-state index in [1.165, 1.54) is 6.07 Å². The predicted octanol–water partition coefficient (Wildman–Crippen LogP) is 2.05. The topological polar surface area (TPSA) is 84.8 Å². The van der Waals surface area contributed by atoms with Crippen LogP contribution < -0.4 is 0 Å². The minimum Gasteiger partial charge on any atom is -0.358 e. The average Bonchev–Trinajstić information content (AvgIpc) is 2.78. The van der Waals surface area contributed by atoms with Gasteiger partial charge in [0.2, 0.25) is 0 Å². The Hall–Kier alpha value is -1.90. The Bertz CT molecular complexity index is 434. The van der Waals surface area contributed by atoms with E-state index in [0.717, 1.165) is 25.7 Å². The summed E-state index contributed by atoms with van der Waals surface area (Å²) in [6.45, 7) is 0. The molecule has 1 saturated carbocycles. The highest BCUT2D eigenvalue weighted by atomic mass is 16.6. The largest absolute Gasteiger partial charge is 0.389 e. The first-order valence-corrected chi connectivity index (χ1v) is 5.31. The monoisotopic (exact) mass is 220 g/mol. The molecule has 0 aliphatic heterocycles. The quantitative estimate of drug-likeness (QED) is 0.563. The van der Waals surface area contributed by atoms with Gasteiger partial charge in [-0.2, -0.15) is 9.94 Å². The van der Waals surface area contributed by atoms with Crippen molar-refractivity contribution in [1.29, 1.82) is 5.26 Å². The molecule has 0 amide bonds. The van der Waals surface area contributed by atoms with Crippen LogP contribution >= 0.6 is 0 Å². The van der Waals surface area contributed by atoms with Crippen LogP contribution in [0.25, 0.3) is 0 Å². The third kappa shape index (κ3) is 1.89. The van der Waals surface area contributed by atoms with Crippen LogP contribution in [0.4, 0.5) is 5.82 Å².